The van der Waals surface area contributed by atoms with Crippen molar-refractivity contribution in [3.63, 3.8) is 0 Å². The minimum absolute atomic E-state index is 0.0503. The number of hydrogen-bond acceptors (Lipinski definition) is 4. The smallest absolute Gasteiger partial charge is 0.395 e. The summed E-state index contributed by atoms with van der Waals surface area (Å²) in [5, 5.41) is 8.45. The van der Waals surface area contributed by atoms with E-state index in [0.29, 0.717) is 13.2 Å². The Morgan fingerprint density at radius 2 is 1.85 bits per heavy atom. The lowest BCUT2D eigenvalue weighted by molar-refractivity contribution is 0.230. The number of aliphatic hydroxyl groups is 1. The van der Waals surface area contributed by atoms with Crippen molar-refractivity contribution in [2.24, 2.45) is 0 Å². The van der Waals surface area contributed by atoms with Gasteiger partial charge in [-0.2, -0.15) is 0 Å². The van der Waals surface area contributed by atoms with Crippen LogP contribution in [0.4, 0.5) is 0 Å². The van der Waals surface area contributed by atoms with E-state index in [9.17, 15) is 4.57 Å². The summed E-state index contributed by atoms with van der Waals surface area (Å²) in [7, 11) is -3.22. The first-order chi connectivity index (χ1) is 6.18. The van der Waals surface area contributed by atoms with Gasteiger partial charge in [0, 0.05) is 12.1 Å². The summed E-state index contributed by atoms with van der Waals surface area (Å²) in [4.78, 5) is 0. The highest BCUT2D eigenvalue weighted by Gasteiger charge is 2.19. The summed E-state index contributed by atoms with van der Waals surface area (Å²) in [6.45, 7) is 3.99. The predicted molar refractivity (Wildman–Crippen MR) is 50.3 cm³/mol. The SMILES string of the molecule is CCOP(=O)(C#CCCO)OCC. The van der Waals surface area contributed by atoms with Crippen LogP contribution < -0.4 is 0 Å². The maximum absolute atomic E-state index is 11.6. The maximum atomic E-state index is 11.6. The maximum Gasteiger partial charge on any atom is 0.405 e. The molecule has 0 spiro atoms. The molecule has 0 aromatic rings. The van der Waals surface area contributed by atoms with Gasteiger partial charge in [-0.25, -0.2) is 4.57 Å². The summed E-state index contributed by atoms with van der Waals surface area (Å²) in [6, 6.07) is 0. The lowest BCUT2D eigenvalue weighted by Crippen LogP contribution is -1.93. The molecule has 0 aromatic heterocycles. The van der Waals surface area contributed by atoms with Crippen LogP contribution in [0.2, 0.25) is 0 Å². The summed E-state index contributed by atoms with van der Waals surface area (Å²) in [6.07, 6.45) is 0.282. The Morgan fingerprint density at radius 3 is 2.23 bits per heavy atom. The van der Waals surface area contributed by atoms with Crippen molar-refractivity contribution in [3.05, 3.63) is 0 Å². The van der Waals surface area contributed by atoms with Crippen molar-refractivity contribution in [3.8, 4) is 11.6 Å². The average Bonchev–Trinajstić information content (AvgIpc) is 2.05. The molecule has 0 aliphatic rings. The molecule has 0 aromatic carbocycles. The molecule has 0 amide bonds. The van der Waals surface area contributed by atoms with Crippen molar-refractivity contribution in [2.75, 3.05) is 19.8 Å². The Hall–Kier alpha value is -0.330. The van der Waals surface area contributed by atoms with E-state index in [1.54, 1.807) is 13.8 Å². The Bertz CT molecular complexity index is 218. The lowest BCUT2D eigenvalue weighted by Gasteiger charge is -2.09. The molecule has 5 heteroatoms. The molecule has 0 saturated carbocycles. The largest absolute Gasteiger partial charge is 0.405 e. The highest BCUT2D eigenvalue weighted by atomic mass is 31.2. The van der Waals surface area contributed by atoms with Gasteiger partial charge < -0.3 is 5.11 Å². The molecule has 0 saturated heterocycles. The first-order valence-electron chi connectivity index (χ1n) is 4.18. The monoisotopic (exact) mass is 206 g/mol. The summed E-state index contributed by atoms with van der Waals surface area (Å²) >= 11 is 0. The molecule has 0 atom stereocenters. The third-order valence-corrected chi connectivity index (χ3v) is 2.68. The second kappa shape index (κ2) is 7.11. The first kappa shape index (κ1) is 12.7. The summed E-state index contributed by atoms with van der Waals surface area (Å²) < 4.78 is 21.4. The van der Waals surface area contributed by atoms with Crippen LogP contribution in [0.3, 0.4) is 0 Å². The molecule has 0 heterocycles. The van der Waals surface area contributed by atoms with Crippen LogP contribution in [-0.4, -0.2) is 24.9 Å². The van der Waals surface area contributed by atoms with E-state index in [1.807, 2.05) is 0 Å². The first-order valence-corrected chi connectivity index (χ1v) is 5.73. The number of rotatable bonds is 5. The molecule has 4 nitrogen and oxygen atoms in total. The minimum atomic E-state index is -3.22. The van der Waals surface area contributed by atoms with Crippen molar-refractivity contribution < 1.29 is 18.7 Å². The Morgan fingerprint density at radius 1 is 1.31 bits per heavy atom. The average molecular weight is 206 g/mol. The third kappa shape index (κ3) is 5.84. The highest BCUT2D eigenvalue weighted by Crippen LogP contribution is 2.46. The van der Waals surface area contributed by atoms with Crippen LogP contribution in [0.25, 0.3) is 0 Å². The van der Waals surface area contributed by atoms with Gasteiger partial charge in [-0.05, 0) is 13.8 Å². The van der Waals surface area contributed by atoms with E-state index < -0.39 is 7.60 Å². The highest BCUT2D eigenvalue weighted by molar-refractivity contribution is 7.59. The molecule has 13 heavy (non-hydrogen) atoms. The van der Waals surface area contributed by atoms with Gasteiger partial charge >= 0.3 is 7.60 Å². The zero-order valence-electron chi connectivity index (χ0n) is 7.95. The van der Waals surface area contributed by atoms with Gasteiger partial charge in [0.2, 0.25) is 0 Å². The van der Waals surface area contributed by atoms with Gasteiger partial charge in [0.15, 0.2) is 0 Å². The quantitative estimate of drug-likeness (QED) is 0.548. The van der Waals surface area contributed by atoms with Crippen LogP contribution in [0.5, 0.6) is 0 Å². The van der Waals surface area contributed by atoms with Crippen molar-refractivity contribution in [2.45, 2.75) is 20.3 Å². The predicted octanol–water partition coefficient (Wildman–Crippen LogP) is 1.60. The fraction of sp³-hybridized carbons (Fsp3) is 0.750. The van der Waals surface area contributed by atoms with E-state index in [0.717, 1.165) is 0 Å². The van der Waals surface area contributed by atoms with E-state index in [-0.39, 0.29) is 13.0 Å². The Kier molecular flexibility index (Phi) is 6.93. The fourth-order valence-electron chi connectivity index (χ4n) is 0.650. The number of hydrogen-bond donors (Lipinski definition) is 1. The van der Waals surface area contributed by atoms with Crippen LogP contribution >= 0.6 is 7.60 Å². The molecule has 0 radical (unpaired) electrons. The minimum Gasteiger partial charge on any atom is -0.395 e. The lowest BCUT2D eigenvalue weighted by atomic mass is 10.5. The Labute approximate surface area is 78.8 Å². The molecule has 0 rings (SSSR count). The third-order valence-electron chi connectivity index (χ3n) is 1.05. The zero-order valence-corrected chi connectivity index (χ0v) is 8.84. The van der Waals surface area contributed by atoms with Gasteiger partial charge in [-0.3, -0.25) is 9.05 Å². The van der Waals surface area contributed by atoms with E-state index in [1.165, 1.54) is 0 Å². The number of aliphatic hydroxyl groups excluding tert-OH is 1. The molecule has 0 aliphatic carbocycles. The fourth-order valence-corrected chi connectivity index (χ4v) is 1.84. The normalized spacial score (nSPS) is 10.7. The molecular weight excluding hydrogens is 191 g/mol. The van der Waals surface area contributed by atoms with Gasteiger partial charge in [0.25, 0.3) is 0 Å². The molecule has 76 valence electrons. The standard InChI is InChI=1S/C8H15O4P/c1-3-11-13(10,12-4-2)8-6-5-7-9/h9H,3-5,7H2,1-2H3. The summed E-state index contributed by atoms with van der Waals surface area (Å²) in [5.41, 5.74) is 2.40. The van der Waals surface area contributed by atoms with Crippen LogP contribution in [0.1, 0.15) is 20.3 Å². The van der Waals surface area contributed by atoms with Crippen LogP contribution in [0, 0.1) is 11.6 Å². The van der Waals surface area contributed by atoms with E-state index >= 15 is 0 Å². The topological polar surface area (TPSA) is 55.8 Å². The second-order valence-electron chi connectivity index (χ2n) is 2.10. The van der Waals surface area contributed by atoms with Crippen molar-refractivity contribution in [1.82, 2.24) is 0 Å². The summed E-state index contributed by atoms with van der Waals surface area (Å²) in [5.74, 6) is 2.53. The van der Waals surface area contributed by atoms with E-state index in [4.69, 9.17) is 14.2 Å². The molecular formula is C8H15O4P. The molecule has 0 unspecified atom stereocenters. The van der Waals surface area contributed by atoms with E-state index in [2.05, 4.69) is 11.6 Å². The Balaban J connectivity index is 4.25. The van der Waals surface area contributed by atoms with Gasteiger partial charge in [-0.1, -0.05) is 5.92 Å². The molecule has 0 bridgehead atoms. The van der Waals surface area contributed by atoms with Crippen LogP contribution in [-0.2, 0) is 13.6 Å². The van der Waals surface area contributed by atoms with Gasteiger partial charge in [0.05, 0.1) is 19.8 Å². The molecule has 1 N–H and O–H groups in total. The zero-order chi connectivity index (χ0) is 10.2. The van der Waals surface area contributed by atoms with Crippen molar-refractivity contribution >= 4 is 7.60 Å². The molecule has 0 aliphatic heterocycles. The van der Waals surface area contributed by atoms with Crippen molar-refractivity contribution in [1.29, 1.82) is 0 Å². The van der Waals surface area contributed by atoms with Gasteiger partial charge in [-0.15, -0.1) is 0 Å². The van der Waals surface area contributed by atoms with Crippen LogP contribution in [0.15, 0.2) is 0 Å². The second-order valence-corrected chi connectivity index (χ2v) is 3.83. The molecule has 0 fully saturated rings. The van der Waals surface area contributed by atoms with Gasteiger partial charge in [0.1, 0.15) is 0 Å².